The Labute approximate surface area is 117 Å². The molecule has 1 rings (SSSR count). The van der Waals surface area contributed by atoms with Crippen LogP contribution in [-0.4, -0.2) is 68.1 Å². The third-order valence-corrected chi connectivity index (χ3v) is 3.94. The number of carbonyl (C=O) groups excluding carboxylic acids is 1. The Kier molecular flexibility index (Phi) is 7.34. The summed E-state index contributed by atoms with van der Waals surface area (Å²) in [5.41, 5.74) is 5.87. The lowest BCUT2D eigenvalue weighted by atomic mass is 10.0. The van der Waals surface area contributed by atoms with Gasteiger partial charge in [0.15, 0.2) is 0 Å². The van der Waals surface area contributed by atoms with Gasteiger partial charge in [0.2, 0.25) is 5.91 Å². The summed E-state index contributed by atoms with van der Waals surface area (Å²) < 4.78 is 0. The molecule has 0 aromatic heterocycles. The molecule has 1 saturated heterocycles. The van der Waals surface area contributed by atoms with E-state index in [2.05, 4.69) is 36.1 Å². The van der Waals surface area contributed by atoms with E-state index in [1.165, 1.54) is 12.8 Å². The van der Waals surface area contributed by atoms with Crippen LogP contribution < -0.4 is 11.1 Å². The van der Waals surface area contributed by atoms with Crippen LogP contribution in [0, 0.1) is 0 Å². The predicted molar refractivity (Wildman–Crippen MR) is 79.0 cm³/mol. The Morgan fingerprint density at radius 2 is 2.26 bits per heavy atom. The molecule has 1 heterocycles. The van der Waals surface area contributed by atoms with E-state index in [-0.39, 0.29) is 11.9 Å². The van der Waals surface area contributed by atoms with Crippen LogP contribution in [-0.2, 0) is 4.79 Å². The maximum atomic E-state index is 11.8. The van der Waals surface area contributed by atoms with Crippen LogP contribution in [0.5, 0.6) is 0 Å². The van der Waals surface area contributed by atoms with E-state index in [0.29, 0.717) is 19.0 Å². The summed E-state index contributed by atoms with van der Waals surface area (Å²) in [5.74, 6) is 0.129. The molecule has 112 valence electrons. The molecule has 0 radical (unpaired) electrons. The molecule has 0 aromatic rings. The first kappa shape index (κ1) is 16.4. The predicted octanol–water partition coefficient (Wildman–Crippen LogP) is 0.256. The average Bonchev–Trinajstić information content (AvgIpc) is 2.42. The number of piperidine rings is 1. The average molecular weight is 270 g/mol. The van der Waals surface area contributed by atoms with E-state index in [9.17, 15) is 4.79 Å². The molecule has 2 unspecified atom stereocenters. The van der Waals surface area contributed by atoms with E-state index in [4.69, 9.17) is 5.73 Å². The highest BCUT2D eigenvalue weighted by Gasteiger charge is 2.27. The molecular formula is C14H30N4O. The topological polar surface area (TPSA) is 61.6 Å². The molecule has 1 aliphatic rings. The first-order valence-electron chi connectivity index (χ1n) is 7.45. The van der Waals surface area contributed by atoms with Crippen molar-refractivity contribution in [3.05, 3.63) is 0 Å². The Bertz CT molecular complexity index is 270. The Morgan fingerprint density at radius 3 is 2.84 bits per heavy atom. The fourth-order valence-electron chi connectivity index (χ4n) is 2.65. The van der Waals surface area contributed by atoms with Crippen molar-refractivity contribution in [2.75, 3.05) is 40.3 Å². The lowest BCUT2D eigenvalue weighted by Crippen LogP contribution is -2.52. The normalized spacial score (nSPS) is 22.5. The molecule has 0 bridgehead atoms. The van der Waals surface area contributed by atoms with Crippen LogP contribution in [0.1, 0.15) is 32.6 Å². The first-order valence-corrected chi connectivity index (χ1v) is 7.45. The van der Waals surface area contributed by atoms with Crippen LogP contribution in [0.2, 0.25) is 0 Å². The second kappa shape index (κ2) is 8.51. The van der Waals surface area contributed by atoms with Gasteiger partial charge in [0.1, 0.15) is 0 Å². The monoisotopic (exact) mass is 270 g/mol. The number of hydrogen-bond acceptors (Lipinski definition) is 4. The van der Waals surface area contributed by atoms with E-state index in [1.807, 2.05) is 0 Å². The van der Waals surface area contributed by atoms with E-state index >= 15 is 0 Å². The van der Waals surface area contributed by atoms with Crippen molar-refractivity contribution in [3.63, 3.8) is 0 Å². The molecule has 0 aromatic carbocycles. The molecule has 0 spiro atoms. The smallest absolute Gasteiger partial charge is 0.221 e. The largest absolute Gasteiger partial charge is 0.356 e. The molecule has 5 heteroatoms. The van der Waals surface area contributed by atoms with Crippen molar-refractivity contribution in [2.45, 2.75) is 44.7 Å². The Hall–Kier alpha value is -0.650. The van der Waals surface area contributed by atoms with Gasteiger partial charge in [0.25, 0.3) is 0 Å². The van der Waals surface area contributed by atoms with Crippen LogP contribution in [0.15, 0.2) is 0 Å². The zero-order valence-corrected chi connectivity index (χ0v) is 12.7. The third kappa shape index (κ3) is 5.47. The number of nitrogens with two attached hydrogens (primary N) is 1. The van der Waals surface area contributed by atoms with E-state index in [1.54, 1.807) is 0 Å². The Balaban J connectivity index is 2.47. The molecule has 2 atom stereocenters. The van der Waals surface area contributed by atoms with Gasteiger partial charge in [-0.3, -0.25) is 9.69 Å². The number of likely N-dealkylation sites (tertiary alicyclic amines) is 1. The van der Waals surface area contributed by atoms with Gasteiger partial charge < -0.3 is 16.0 Å². The number of rotatable bonds is 7. The summed E-state index contributed by atoms with van der Waals surface area (Å²) in [6, 6.07) is 0.765. The number of carbonyl (C=O) groups is 1. The van der Waals surface area contributed by atoms with Gasteiger partial charge in [0.05, 0.1) is 0 Å². The summed E-state index contributed by atoms with van der Waals surface area (Å²) in [6.45, 7) is 5.46. The van der Waals surface area contributed by atoms with Gasteiger partial charge in [-0.1, -0.05) is 6.92 Å². The van der Waals surface area contributed by atoms with Crippen molar-refractivity contribution in [3.8, 4) is 0 Å². The molecule has 19 heavy (non-hydrogen) atoms. The van der Waals surface area contributed by atoms with Gasteiger partial charge in [-0.15, -0.1) is 0 Å². The molecule has 0 aliphatic carbocycles. The van der Waals surface area contributed by atoms with Gasteiger partial charge in [0, 0.05) is 38.1 Å². The highest BCUT2D eigenvalue weighted by molar-refractivity contribution is 5.76. The molecule has 1 fully saturated rings. The Morgan fingerprint density at radius 1 is 1.53 bits per heavy atom. The number of nitrogens with one attached hydrogen (secondary N) is 1. The number of hydrogen-bond donors (Lipinski definition) is 2. The molecule has 3 N–H and O–H groups in total. The highest BCUT2D eigenvalue weighted by Crippen LogP contribution is 2.17. The fraction of sp³-hybridized carbons (Fsp3) is 0.929. The van der Waals surface area contributed by atoms with Gasteiger partial charge in [-0.25, -0.2) is 0 Å². The summed E-state index contributed by atoms with van der Waals surface area (Å²) in [4.78, 5) is 16.5. The number of likely N-dealkylation sites (N-methyl/N-ethyl adjacent to an activating group) is 1. The minimum Gasteiger partial charge on any atom is -0.356 e. The first-order chi connectivity index (χ1) is 9.08. The van der Waals surface area contributed by atoms with Crippen molar-refractivity contribution >= 4 is 5.91 Å². The summed E-state index contributed by atoms with van der Waals surface area (Å²) in [6.07, 6.45) is 3.93. The third-order valence-electron chi connectivity index (χ3n) is 3.94. The van der Waals surface area contributed by atoms with E-state index < -0.39 is 0 Å². The van der Waals surface area contributed by atoms with E-state index in [0.717, 1.165) is 26.1 Å². The van der Waals surface area contributed by atoms with Crippen LogP contribution in [0.3, 0.4) is 0 Å². The lowest BCUT2D eigenvalue weighted by molar-refractivity contribution is -0.122. The second-order valence-electron chi connectivity index (χ2n) is 5.70. The summed E-state index contributed by atoms with van der Waals surface area (Å²) in [7, 11) is 4.25. The van der Waals surface area contributed by atoms with Gasteiger partial charge in [-0.2, -0.15) is 0 Å². The minimum absolute atomic E-state index is 0.129. The fourth-order valence-corrected chi connectivity index (χ4v) is 2.65. The summed E-state index contributed by atoms with van der Waals surface area (Å²) >= 11 is 0. The molecule has 1 aliphatic heterocycles. The quantitative estimate of drug-likeness (QED) is 0.696. The number of nitrogens with zero attached hydrogens (tertiary/aromatic N) is 2. The van der Waals surface area contributed by atoms with Crippen molar-refractivity contribution in [2.24, 2.45) is 5.73 Å². The van der Waals surface area contributed by atoms with Gasteiger partial charge >= 0.3 is 0 Å². The van der Waals surface area contributed by atoms with Crippen molar-refractivity contribution in [1.82, 2.24) is 15.1 Å². The molecule has 1 amide bonds. The standard InChI is InChI=1S/C14H30N4O/c1-4-7-16-14(19)9-13(10-15)18-8-5-6-12(11-18)17(2)3/h12-13H,4-11,15H2,1-3H3,(H,16,19). The zero-order valence-electron chi connectivity index (χ0n) is 12.7. The molecular weight excluding hydrogens is 240 g/mol. The SMILES string of the molecule is CCCNC(=O)CC(CN)N1CCCC(N(C)C)C1. The highest BCUT2D eigenvalue weighted by atomic mass is 16.1. The maximum absolute atomic E-state index is 11.8. The molecule has 5 nitrogen and oxygen atoms in total. The van der Waals surface area contributed by atoms with Crippen LogP contribution in [0.25, 0.3) is 0 Å². The van der Waals surface area contributed by atoms with Crippen LogP contribution in [0.4, 0.5) is 0 Å². The number of amides is 1. The maximum Gasteiger partial charge on any atom is 0.221 e. The molecule has 0 saturated carbocycles. The van der Waals surface area contributed by atoms with Gasteiger partial charge in [-0.05, 0) is 39.9 Å². The van der Waals surface area contributed by atoms with Crippen molar-refractivity contribution in [1.29, 1.82) is 0 Å². The summed E-state index contributed by atoms with van der Waals surface area (Å²) in [5, 5.41) is 2.94. The minimum atomic E-state index is 0.129. The van der Waals surface area contributed by atoms with Crippen LogP contribution >= 0.6 is 0 Å². The second-order valence-corrected chi connectivity index (χ2v) is 5.70. The lowest BCUT2D eigenvalue weighted by Gasteiger charge is -2.40. The van der Waals surface area contributed by atoms with Crippen molar-refractivity contribution < 1.29 is 4.79 Å². The zero-order chi connectivity index (χ0) is 14.3.